The highest BCUT2D eigenvalue weighted by Crippen LogP contribution is 2.15. The molecule has 1 aliphatic heterocycles. The molecule has 25 heavy (non-hydrogen) atoms. The Bertz CT molecular complexity index is 796. The SMILES string of the molecule is N#Cc1ccc(COC(=O)c2ccc(N3CCOCC3)nc2)c(F)c1. The van der Waals surface area contributed by atoms with Gasteiger partial charge in [-0.05, 0) is 24.3 Å². The summed E-state index contributed by atoms with van der Waals surface area (Å²) in [6.07, 6.45) is 1.45. The number of ether oxygens (including phenoxy) is 2. The summed E-state index contributed by atoms with van der Waals surface area (Å²) in [6, 6.07) is 9.26. The number of aromatic nitrogens is 1. The predicted octanol–water partition coefficient (Wildman–Crippen LogP) is 2.29. The number of anilines is 1. The number of carbonyl (C=O) groups excluding carboxylic acids is 1. The van der Waals surface area contributed by atoms with Gasteiger partial charge in [0.25, 0.3) is 0 Å². The van der Waals surface area contributed by atoms with Crippen molar-refractivity contribution < 1.29 is 18.7 Å². The highest BCUT2D eigenvalue weighted by molar-refractivity contribution is 5.89. The molecule has 3 rings (SSSR count). The van der Waals surface area contributed by atoms with Crippen LogP contribution < -0.4 is 4.90 Å². The van der Waals surface area contributed by atoms with Crippen molar-refractivity contribution >= 4 is 11.8 Å². The first-order chi connectivity index (χ1) is 12.2. The van der Waals surface area contributed by atoms with Gasteiger partial charge < -0.3 is 14.4 Å². The molecule has 6 nitrogen and oxygen atoms in total. The maximum atomic E-state index is 13.8. The Hall–Kier alpha value is -2.98. The van der Waals surface area contributed by atoms with Gasteiger partial charge in [0.15, 0.2) is 0 Å². The monoisotopic (exact) mass is 341 g/mol. The van der Waals surface area contributed by atoms with Gasteiger partial charge in [0, 0.05) is 24.8 Å². The molecule has 7 heteroatoms. The fourth-order valence-corrected chi connectivity index (χ4v) is 2.45. The van der Waals surface area contributed by atoms with Gasteiger partial charge in [0.2, 0.25) is 0 Å². The van der Waals surface area contributed by atoms with Crippen LogP contribution in [0.3, 0.4) is 0 Å². The van der Waals surface area contributed by atoms with Crippen LogP contribution in [0.25, 0.3) is 0 Å². The van der Waals surface area contributed by atoms with E-state index in [1.807, 2.05) is 6.07 Å². The molecule has 1 aromatic heterocycles. The quantitative estimate of drug-likeness (QED) is 0.794. The van der Waals surface area contributed by atoms with E-state index in [0.29, 0.717) is 18.8 Å². The lowest BCUT2D eigenvalue weighted by Crippen LogP contribution is -2.36. The Labute approximate surface area is 144 Å². The number of benzene rings is 1. The Balaban J connectivity index is 1.60. The van der Waals surface area contributed by atoms with E-state index in [1.165, 1.54) is 18.3 Å². The van der Waals surface area contributed by atoms with Crippen LogP contribution in [0.2, 0.25) is 0 Å². The zero-order chi connectivity index (χ0) is 17.6. The number of nitrogens with zero attached hydrogens (tertiary/aromatic N) is 3. The molecule has 0 bridgehead atoms. The van der Waals surface area contributed by atoms with Crippen LogP contribution in [0.5, 0.6) is 0 Å². The molecular formula is C18H16FN3O3. The van der Waals surface area contributed by atoms with E-state index in [-0.39, 0.29) is 17.7 Å². The Morgan fingerprint density at radius 2 is 2.12 bits per heavy atom. The second kappa shape index (κ2) is 7.73. The van der Waals surface area contributed by atoms with Crippen LogP contribution in [0.4, 0.5) is 10.2 Å². The minimum atomic E-state index is -0.579. The van der Waals surface area contributed by atoms with E-state index in [2.05, 4.69) is 9.88 Å². The number of pyridine rings is 1. The van der Waals surface area contributed by atoms with Gasteiger partial charge in [0.1, 0.15) is 18.2 Å². The molecule has 0 N–H and O–H groups in total. The van der Waals surface area contributed by atoms with Gasteiger partial charge in [-0.25, -0.2) is 14.2 Å². The third-order valence-electron chi connectivity index (χ3n) is 3.86. The van der Waals surface area contributed by atoms with Crippen LogP contribution in [0, 0.1) is 17.1 Å². The summed E-state index contributed by atoms with van der Waals surface area (Å²) in [5.74, 6) is -0.379. The predicted molar refractivity (Wildman–Crippen MR) is 87.5 cm³/mol. The van der Waals surface area contributed by atoms with Gasteiger partial charge in [0.05, 0.1) is 30.4 Å². The number of halogens is 1. The maximum absolute atomic E-state index is 13.8. The third-order valence-corrected chi connectivity index (χ3v) is 3.86. The number of morpholine rings is 1. The van der Waals surface area contributed by atoms with Crippen molar-refractivity contribution in [1.29, 1.82) is 5.26 Å². The Morgan fingerprint density at radius 1 is 1.32 bits per heavy atom. The summed E-state index contributed by atoms with van der Waals surface area (Å²) in [5, 5.41) is 8.72. The summed E-state index contributed by atoms with van der Waals surface area (Å²) >= 11 is 0. The zero-order valence-electron chi connectivity index (χ0n) is 13.4. The van der Waals surface area contributed by atoms with E-state index in [1.54, 1.807) is 12.1 Å². The molecule has 128 valence electrons. The molecule has 1 saturated heterocycles. The maximum Gasteiger partial charge on any atom is 0.340 e. The first-order valence-corrected chi connectivity index (χ1v) is 7.82. The molecule has 1 aromatic carbocycles. The second-order valence-corrected chi connectivity index (χ2v) is 5.50. The van der Waals surface area contributed by atoms with Crippen molar-refractivity contribution in [1.82, 2.24) is 4.98 Å². The molecular weight excluding hydrogens is 325 g/mol. The first-order valence-electron chi connectivity index (χ1n) is 7.82. The summed E-state index contributed by atoms with van der Waals surface area (Å²) in [5.41, 5.74) is 0.729. The smallest absolute Gasteiger partial charge is 0.340 e. The van der Waals surface area contributed by atoms with Gasteiger partial charge in [-0.15, -0.1) is 0 Å². The van der Waals surface area contributed by atoms with Gasteiger partial charge >= 0.3 is 5.97 Å². The fraction of sp³-hybridized carbons (Fsp3) is 0.278. The van der Waals surface area contributed by atoms with Crippen molar-refractivity contribution in [3.63, 3.8) is 0 Å². The largest absolute Gasteiger partial charge is 0.457 e. The molecule has 2 heterocycles. The molecule has 0 aliphatic carbocycles. The molecule has 0 unspecified atom stereocenters. The second-order valence-electron chi connectivity index (χ2n) is 5.50. The van der Waals surface area contributed by atoms with Crippen molar-refractivity contribution in [2.45, 2.75) is 6.61 Å². The molecule has 0 radical (unpaired) electrons. The number of hydrogen-bond donors (Lipinski definition) is 0. The fourth-order valence-electron chi connectivity index (χ4n) is 2.45. The standard InChI is InChI=1S/C18H16FN3O3/c19-16-9-13(10-20)1-2-15(16)12-25-18(23)14-3-4-17(21-11-14)22-5-7-24-8-6-22/h1-4,9,11H,5-8,12H2. The molecule has 2 aromatic rings. The van der Waals surface area contributed by atoms with Gasteiger partial charge in [-0.2, -0.15) is 5.26 Å². The van der Waals surface area contributed by atoms with Crippen LogP contribution in [-0.4, -0.2) is 37.3 Å². The number of esters is 1. The number of hydrogen-bond acceptors (Lipinski definition) is 6. The normalized spacial score (nSPS) is 14.0. The summed E-state index contributed by atoms with van der Waals surface area (Å²) in [6.45, 7) is 2.62. The lowest BCUT2D eigenvalue weighted by atomic mass is 10.1. The average molecular weight is 341 g/mol. The molecule has 0 atom stereocenters. The van der Waals surface area contributed by atoms with Crippen LogP contribution >= 0.6 is 0 Å². The molecule has 0 amide bonds. The summed E-state index contributed by atoms with van der Waals surface area (Å²) in [4.78, 5) is 18.4. The minimum absolute atomic E-state index is 0.207. The minimum Gasteiger partial charge on any atom is -0.457 e. The Morgan fingerprint density at radius 3 is 2.76 bits per heavy atom. The van der Waals surface area contributed by atoms with Gasteiger partial charge in [-0.1, -0.05) is 6.07 Å². The Kier molecular flexibility index (Phi) is 5.21. The van der Waals surface area contributed by atoms with E-state index in [0.717, 1.165) is 25.0 Å². The van der Waals surface area contributed by atoms with E-state index in [9.17, 15) is 9.18 Å². The van der Waals surface area contributed by atoms with Crippen molar-refractivity contribution in [2.75, 3.05) is 31.2 Å². The zero-order valence-corrected chi connectivity index (χ0v) is 13.4. The van der Waals surface area contributed by atoms with E-state index < -0.39 is 11.8 Å². The van der Waals surface area contributed by atoms with Crippen LogP contribution in [-0.2, 0) is 16.1 Å². The van der Waals surface area contributed by atoms with E-state index in [4.69, 9.17) is 14.7 Å². The number of carbonyl (C=O) groups is 1. The molecule has 0 spiro atoms. The van der Waals surface area contributed by atoms with Crippen LogP contribution in [0.15, 0.2) is 36.5 Å². The molecule has 0 saturated carbocycles. The lowest BCUT2D eigenvalue weighted by molar-refractivity contribution is 0.0468. The highest BCUT2D eigenvalue weighted by atomic mass is 19.1. The van der Waals surface area contributed by atoms with Crippen LogP contribution in [0.1, 0.15) is 21.5 Å². The highest BCUT2D eigenvalue weighted by Gasteiger charge is 2.14. The van der Waals surface area contributed by atoms with Crippen molar-refractivity contribution in [2.24, 2.45) is 0 Å². The topological polar surface area (TPSA) is 75.5 Å². The van der Waals surface area contributed by atoms with E-state index >= 15 is 0 Å². The van der Waals surface area contributed by atoms with Crippen molar-refractivity contribution in [3.8, 4) is 6.07 Å². The third kappa shape index (κ3) is 4.11. The number of rotatable bonds is 4. The molecule has 1 aliphatic rings. The average Bonchev–Trinajstić information content (AvgIpc) is 2.67. The molecule has 1 fully saturated rings. The summed E-state index contributed by atoms with van der Waals surface area (Å²) in [7, 11) is 0. The first kappa shape index (κ1) is 16.9. The lowest BCUT2D eigenvalue weighted by Gasteiger charge is -2.27. The summed E-state index contributed by atoms with van der Waals surface area (Å²) < 4.78 is 24.2. The van der Waals surface area contributed by atoms with Crippen molar-refractivity contribution in [3.05, 3.63) is 59.0 Å². The van der Waals surface area contributed by atoms with Gasteiger partial charge in [-0.3, -0.25) is 0 Å². The number of nitriles is 1.